The van der Waals surface area contributed by atoms with Gasteiger partial charge in [0.1, 0.15) is 0 Å². The van der Waals surface area contributed by atoms with Crippen LogP contribution in [-0.2, 0) is 14.8 Å². The lowest BCUT2D eigenvalue weighted by atomic mass is 9.95. The Morgan fingerprint density at radius 1 is 0.897 bits per heavy atom. The van der Waals surface area contributed by atoms with E-state index in [2.05, 4.69) is 23.8 Å². The van der Waals surface area contributed by atoms with Gasteiger partial charge in [-0.15, -0.1) is 11.8 Å². The number of hydrogen-bond donors (Lipinski definition) is 1. The second-order valence-electron chi connectivity index (χ2n) is 7.99. The van der Waals surface area contributed by atoms with E-state index in [1.807, 2.05) is 45.9 Å². The average Bonchev–Trinajstić information content (AvgIpc) is 2.71. The topological polar surface area (TPSA) is 55.4 Å². The van der Waals surface area contributed by atoms with E-state index in [0.717, 1.165) is 40.0 Å². The quantitative estimate of drug-likeness (QED) is 0.708. The van der Waals surface area contributed by atoms with E-state index in [4.69, 9.17) is 4.74 Å². The van der Waals surface area contributed by atoms with Crippen molar-refractivity contribution in [2.45, 2.75) is 62.0 Å². The fourth-order valence-electron chi connectivity index (χ4n) is 3.96. The van der Waals surface area contributed by atoms with Gasteiger partial charge >= 0.3 is 0 Å². The monoisotopic (exact) mass is 433 g/mol. The molecule has 1 aliphatic heterocycles. The Morgan fingerprint density at radius 2 is 1.41 bits per heavy atom. The van der Waals surface area contributed by atoms with Gasteiger partial charge in [0.05, 0.1) is 4.90 Å². The SMILES string of the molecule is Cc1c(C)c(C)c(S(=O)(=O)NCC2(Sc3ccccc3)CCOCC2)c(C)c1C. The Morgan fingerprint density at radius 3 is 1.97 bits per heavy atom. The van der Waals surface area contributed by atoms with Crippen LogP contribution in [0, 0.1) is 34.6 Å². The highest BCUT2D eigenvalue weighted by molar-refractivity contribution is 8.00. The summed E-state index contributed by atoms with van der Waals surface area (Å²) >= 11 is 1.76. The summed E-state index contributed by atoms with van der Waals surface area (Å²) < 4.78 is 35.1. The molecular formula is C23H31NO3S2. The van der Waals surface area contributed by atoms with Gasteiger partial charge in [0.25, 0.3) is 0 Å². The van der Waals surface area contributed by atoms with Gasteiger partial charge in [-0.2, -0.15) is 0 Å². The lowest BCUT2D eigenvalue weighted by molar-refractivity contribution is 0.0784. The maximum Gasteiger partial charge on any atom is 0.241 e. The Kier molecular flexibility index (Phi) is 6.78. The van der Waals surface area contributed by atoms with Crippen molar-refractivity contribution in [3.8, 4) is 0 Å². The molecule has 1 N–H and O–H groups in total. The molecule has 1 heterocycles. The highest BCUT2D eigenvalue weighted by Crippen LogP contribution is 2.40. The second kappa shape index (κ2) is 8.80. The smallest absolute Gasteiger partial charge is 0.241 e. The number of nitrogens with one attached hydrogen (secondary N) is 1. The van der Waals surface area contributed by atoms with E-state index >= 15 is 0 Å². The molecule has 0 bridgehead atoms. The molecule has 1 fully saturated rings. The molecule has 4 nitrogen and oxygen atoms in total. The number of rotatable bonds is 6. The van der Waals surface area contributed by atoms with Crippen molar-refractivity contribution in [1.82, 2.24) is 4.72 Å². The van der Waals surface area contributed by atoms with Gasteiger partial charge in [-0.05, 0) is 87.4 Å². The van der Waals surface area contributed by atoms with Crippen molar-refractivity contribution >= 4 is 21.8 Å². The third kappa shape index (κ3) is 4.71. The van der Waals surface area contributed by atoms with Crippen molar-refractivity contribution < 1.29 is 13.2 Å². The molecule has 2 aromatic carbocycles. The third-order valence-electron chi connectivity index (χ3n) is 6.27. The van der Waals surface area contributed by atoms with Crippen molar-refractivity contribution in [2.75, 3.05) is 19.8 Å². The van der Waals surface area contributed by atoms with Crippen molar-refractivity contribution in [3.05, 3.63) is 58.1 Å². The lowest BCUT2D eigenvalue weighted by Gasteiger charge is -2.37. The maximum absolute atomic E-state index is 13.4. The molecule has 0 atom stereocenters. The van der Waals surface area contributed by atoms with Gasteiger partial charge in [-0.1, -0.05) is 18.2 Å². The molecular weight excluding hydrogens is 402 g/mol. The minimum absolute atomic E-state index is 0.205. The molecule has 0 radical (unpaired) electrons. The van der Waals surface area contributed by atoms with Gasteiger partial charge in [0, 0.05) is 29.4 Å². The Balaban J connectivity index is 1.90. The van der Waals surface area contributed by atoms with Gasteiger partial charge in [-0.25, -0.2) is 13.1 Å². The van der Waals surface area contributed by atoms with E-state index in [1.165, 1.54) is 5.56 Å². The molecule has 1 saturated heterocycles. The molecule has 0 saturated carbocycles. The van der Waals surface area contributed by atoms with Gasteiger partial charge in [0.15, 0.2) is 0 Å². The molecule has 0 aliphatic carbocycles. The van der Waals surface area contributed by atoms with Gasteiger partial charge in [-0.3, -0.25) is 0 Å². The fourth-order valence-corrected chi connectivity index (χ4v) is 7.09. The lowest BCUT2D eigenvalue weighted by Crippen LogP contribution is -2.44. The summed E-state index contributed by atoms with van der Waals surface area (Å²) in [6.07, 6.45) is 1.64. The summed E-state index contributed by atoms with van der Waals surface area (Å²) in [7, 11) is -3.62. The molecule has 3 rings (SSSR count). The first-order valence-electron chi connectivity index (χ1n) is 10.1. The van der Waals surface area contributed by atoms with Crippen molar-refractivity contribution in [3.63, 3.8) is 0 Å². The molecule has 2 aromatic rings. The predicted octanol–water partition coefficient (Wildman–Crippen LogP) is 4.85. The summed E-state index contributed by atoms with van der Waals surface area (Å²) in [5.41, 5.74) is 4.95. The number of benzene rings is 2. The van der Waals surface area contributed by atoms with Crippen LogP contribution in [-0.4, -0.2) is 32.9 Å². The van der Waals surface area contributed by atoms with Crippen molar-refractivity contribution in [1.29, 1.82) is 0 Å². The maximum atomic E-state index is 13.4. The number of thioether (sulfide) groups is 1. The predicted molar refractivity (Wildman–Crippen MR) is 120 cm³/mol. The standard InChI is InChI=1S/C23H31NO3S2/c1-16-17(2)19(4)22(20(5)18(16)3)29(25,26)24-15-23(11-13-27-14-12-23)28-21-9-7-6-8-10-21/h6-10,24H,11-15H2,1-5H3. The zero-order chi connectivity index (χ0) is 21.2. The molecule has 0 aromatic heterocycles. The van der Waals surface area contributed by atoms with E-state index in [1.54, 1.807) is 11.8 Å². The van der Waals surface area contributed by atoms with Gasteiger partial charge in [0.2, 0.25) is 10.0 Å². The molecule has 158 valence electrons. The summed E-state index contributed by atoms with van der Waals surface area (Å²) in [4.78, 5) is 1.59. The summed E-state index contributed by atoms with van der Waals surface area (Å²) in [6.45, 7) is 11.6. The summed E-state index contributed by atoms with van der Waals surface area (Å²) in [5, 5.41) is 0. The summed E-state index contributed by atoms with van der Waals surface area (Å²) in [5.74, 6) is 0. The van der Waals surface area contributed by atoms with Crippen LogP contribution in [0.3, 0.4) is 0 Å². The van der Waals surface area contributed by atoms with Crippen LogP contribution in [0.2, 0.25) is 0 Å². The largest absolute Gasteiger partial charge is 0.381 e. The number of sulfonamides is 1. The molecule has 1 aliphatic rings. The summed E-state index contributed by atoms with van der Waals surface area (Å²) in [6, 6.07) is 10.2. The zero-order valence-corrected chi connectivity index (χ0v) is 19.6. The minimum atomic E-state index is -3.62. The number of ether oxygens (including phenoxy) is 1. The molecule has 6 heteroatoms. The first kappa shape index (κ1) is 22.3. The molecule has 0 spiro atoms. The van der Waals surface area contributed by atoms with Gasteiger partial charge < -0.3 is 4.74 Å². The van der Waals surface area contributed by atoms with Crippen LogP contribution in [0.1, 0.15) is 40.7 Å². The highest BCUT2D eigenvalue weighted by atomic mass is 32.2. The van der Waals surface area contributed by atoms with E-state index in [-0.39, 0.29) is 4.75 Å². The third-order valence-corrected chi connectivity index (χ3v) is 9.43. The fraction of sp³-hybridized carbons (Fsp3) is 0.478. The molecule has 0 unspecified atom stereocenters. The van der Waals surface area contributed by atoms with E-state index in [9.17, 15) is 8.42 Å². The average molecular weight is 434 g/mol. The molecule has 0 amide bonds. The minimum Gasteiger partial charge on any atom is -0.381 e. The van der Waals surface area contributed by atoms with Crippen LogP contribution in [0.4, 0.5) is 0 Å². The number of hydrogen-bond acceptors (Lipinski definition) is 4. The van der Waals surface area contributed by atoms with E-state index < -0.39 is 10.0 Å². The molecule has 29 heavy (non-hydrogen) atoms. The second-order valence-corrected chi connectivity index (χ2v) is 11.2. The Labute approximate surface area is 179 Å². The Hall–Kier alpha value is -1.34. The van der Waals surface area contributed by atoms with Crippen LogP contribution in [0.25, 0.3) is 0 Å². The zero-order valence-electron chi connectivity index (χ0n) is 18.0. The first-order valence-corrected chi connectivity index (χ1v) is 12.4. The van der Waals surface area contributed by atoms with Crippen LogP contribution in [0.15, 0.2) is 40.1 Å². The Bertz CT molecular complexity index is 950. The van der Waals surface area contributed by atoms with E-state index in [0.29, 0.717) is 24.7 Å². The van der Waals surface area contributed by atoms with Crippen LogP contribution < -0.4 is 4.72 Å². The normalized spacial score (nSPS) is 16.7. The first-order chi connectivity index (χ1) is 13.7. The van der Waals surface area contributed by atoms with Crippen molar-refractivity contribution in [2.24, 2.45) is 0 Å². The van der Waals surface area contributed by atoms with Crippen LogP contribution in [0.5, 0.6) is 0 Å². The van der Waals surface area contributed by atoms with Crippen LogP contribution >= 0.6 is 11.8 Å². The highest BCUT2D eigenvalue weighted by Gasteiger charge is 2.36.